The summed E-state index contributed by atoms with van der Waals surface area (Å²) in [5.74, 6) is 0.839. The first-order valence-corrected chi connectivity index (χ1v) is 6.79. The fourth-order valence-corrected chi connectivity index (χ4v) is 2.84. The number of hydrogen-bond donors (Lipinski definition) is 0. The zero-order valence-electron chi connectivity index (χ0n) is 9.46. The number of rotatable bonds is 7. The van der Waals surface area contributed by atoms with Crippen LogP contribution >= 0.6 is 11.3 Å². The molecule has 1 aromatic rings. The second-order valence-electron chi connectivity index (χ2n) is 4.00. The molecule has 0 aromatic carbocycles. The number of thiophene rings is 1. The Hall–Kier alpha value is -0.300. The maximum Gasteiger partial charge on any atom is 0.00761 e. The minimum absolute atomic E-state index is 0.839. The molecule has 0 N–H and O–H groups in total. The van der Waals surface area contributed by atoms with Crippen molar-refractivity contribution in [2.24, 2.45) is 0 Å². The van der Waals surface area contributed by atoms with E-state index in [0.29, 0.717) is 0 Å². The van der Waals surface area contributed by atoms with Gasteiger partial charge in [0.2, 0.25) is 0 Å². The van der Waals surface area contributed by atoms with Crippen LogP contribution in [0.1, 0.15) is 63.2 Å². The SMILES string of the molecule is CCCCCC(CCC)c1cccs1. The van der Waals surface area contributed by atoms with Crippen LogP contribution in [0.4, 0.5) is 0 Å². The Morgan fingerprint density at radius 3 is 2.57 bits per heavy atom. The highest BCUT2D eigenvalue weighted by atomic mass is 32.1. The second kappa shape index (κ2) is 7.05. The quantitative estimate of drug-likeness (QED) is 0.542. The lowest BCUT2D eigenvalue weighted by molar-refractivity contribution is 0.535. The maximum atomic E-state index is 2.30. The fraction of sp³-hybridized carbons (Fsp3) is 0.692. The summed E-state index contributed by atoms with van der Waals surface area (Å²) >= 11 is 1.93. The van der Waals surface area contributed by atoms with Crippen molar-refractivity contribution in [3.05, 3.63) is 22.4 Å². The van der Waals surface area contributed by atoms with Crippen molar-refractivity contribution in [1.82, 2.24) is 0 Å². The molecule has 0 aliphatic heterocycles. The van der Waals surface area contributed by atoms with Crippen LogP contribution < -0.4 is 0 Å². The van der Waals surface area contributed by atoms with E-state index in [1.54, 1.807) is 4.88 Å². The zero-order chi connectivity index (χ0) is 10.2. The monoisotopic (exact) mass is 210 g/mol. The minimum atomic E-state index is 0.839. The van der Waals surface area contributed by atoms with Gasteiger partial charge in [-0.05, 0) is 30.2 Å². The Labute approximate surface area is 92.4 Å². The van der Waals surface area contributed by atoms with Crippen LogP contribution in [-0.4, -0.2) is 0 Å². The molecular weight excluding hydrogens is 188 g/mol. The van der Waals surface area contributed by atoms with Gasteiger partial charge in [0.15, 0.2) is 0 Å². The molecule has 1 unspecified atom stereocenters. The molecule has 80 valence electrons. The maximum absolute atomic E-state index is 2.30. The fourth-order valence-electron chi connectivity index (χ4n) is 1.94. The molecule has 0 aliphatic rings. The highest BCUT2D eigenvalue weighted by Crippen LogP contribution is 2.30. The van der Waals surface area contributed by atoms with Crippen LogP contribution in [0, 0.1) is 0 Å². The van der Waals surface area contributed by atoms with E-state index in [1.807, 2.05) is 11.3 Å². The molecule has 0 radical (unpaired) electrons. The Balaban J connectivity index is 2.39. The predicted molar refractivity (Wildman–Crippen MR) is 66.1 cm³/mol. The van der Waals surface area contributed by atoms with Crippen molar-refractivity contribution in [2.75, 3.05) is 0 Å². The second-order valence-corrected chi connectivity index (χ2v) is 4.98. The van der Waals surface area contributed by atoms with Gasteiger partial charge in [0, 0.05) is 4.88 Å². The third kappa shape index (κ3) is 3.83. The van der Waals surface area contributed by atoms with Crippen LogP contribution in [0.2, 0.25) is 0 Å². The number of unbranched alkanes of at least 4 members (excludes halogenated alkanes) is 2. The van der Waals surface area contributed by atoms with Gasteiger partial charge in [-0.3, -0.25) is 0 Å². The molecule has 14 heavy (non-hydrogen) atoms. The van der Waals surface area contributed by atoms with Gasteiger partial charge in [-0.25, -0.2) is 0 Å². The van der Waals surface area contributed by atoms with Crippen LogP contribution in [0.15, 0.2) is 17.5 Å². The largest absolute Gasteiger partial charge is 0.149 e. The summed E-state index contributed by atoms with van der Waals surface area (Å²) in [6.07, 6.45) is 8.20. The Morgan fingerprint density at radius 2 is 2.00 bits per heavy atom. The smallest absolute Gasteiger partial charge is 0.00761 e. The van der Waals surface area contributed by atoms with E-state index in [-0.39, 0.29) is 0 Å². The highest BCUT2D eigenvalue weighted by Gasteiger charge is 2.10. The van der Waals surface area contributed by atoms with Crippen molar-refractivity contribution < 1.29 is 0 Å². The summed E-state index contributed by atoms with van der Waals surface area (Å²) in [6.45, 7) is 4.57. The van der Waals surface area contributed by atoms with Gasteiger partial charge >= 0.3 is 0 Å². The molecule has 0 bridgehead atoms. The summed E-state index contributed by atoms with van der Waals surface area (Å²) in [5.41, 5.74) is 0. The van der Waals surface area contributed by atoms with Crippen LogP contribution in [0.5, 0.6) is 0 Å². The molecule has 0 saturated carbocycles. The van der Waals surface area contributed by atoms with Gasteiger partial charge in [0.1, 0.15) is 0 Å². The first-order chi connectivity index (χ1) is 6.88. The van der Waals surface area contributed by atoms with E-state index >= 15 is 0 Å². The lowest BCUT2D eigenvalue weighted by Gasteiger charge is -2.13. The van der Waals surface area contributed by atoms with Crippen molar-refractivity contribution in [2.45, 2.75) is 58.3 Å². The minimum Gasteiger partial charge on any atom is -0.149 e. The van der Waals surface area contributed by atoms with Crippen LogP contribution in [0.25, 0.3) is 0 Å². The Bertz CT molecular complexity index is 213. The molecule has 1 heterocycles. The third-order valence-corrected chi connectivity index (χ3v) is 3.77. The van der Waals surface area contributed by atoms with E-state index < -0.39 is 0 Å². The van der Waals surface area contributed by atoms with E-state index in [2.05, 4.69) is 31.4 Å². The van der Waals surface area contributed by atoms with Crippen molar-refractivity contribution in [1.29, 1.82) is 0 Å². The Morgan fingerprint density at radius 1 is 1.14 bits per heavy atom. The first-order valence-electron chi connectivity index (χ1n) is 5.91. The zero-order valence-corrected chi connectivity index (χ0v) is 10.3. The normalized spacial score (nSPS) is 13.0. The standard InChI is InChI=1S/C13H22S/c1-3-5-6-9-12(8-4-2)13-10-7-11-14-13/h7,10-12H,3-6,8-9H2,1-2H3. The lowest BCUT2D eigenvalue weighted by Crippen LogP contribution is -1.96. The predicted octanol–water partition coefficient (Wildman–Crippen LogP) is 5.21. The van der Waals surface area contributed by atoms with Gasteiger partial charge in [-0.2, -0.15) is 0 Å². The third-order valence-electron chi connectivity index (χ3n) is 2.74. The van der Waals surface area contributed by atoms with Gasteiger partial charge in [-0.15, -0.1) is 11.3 Å². The summed E-state index contributed by atoms with van der Waals surface area (Å²) in [6, 6.07) is 4.49. The van der Waals surface area contributed by atoms with E-state index in [4.69, 9.17) is 0 Å². The molecule has 1 rings (SSSR count). The highest BCUT2D eigenvalue weighted by molar-refractivity contribution is 7.10. The van der Waals surface area contributed by atoms with E-state index in [0.717, 1.165) is 5.92 Å². The molecule has 1 heteroatoms. The molecule has 0 amide bonds. The lowest BCUT2D eigenvalue weighted by atomic mass is 9.95. The molecule has 1 aromatic heterocycles. The molecule has 0 aliphatic carbocycles. The van der Waals surface area contributed by atoms with Gasteiger partial charge in [-0.1, -0.05) is 45.6 Å². The number of hydrogen-bond acceptors (Lipinski definition) is 1. The van der Waals surface area contributed by atoms with Crippen molar-refractivity contribution in [3.8, 4) is 0 Å². The average Bonchev–Trinajstić information content (AvgIpc) is 2.70. The van der Waals surface area contributed by atoms with Crippen LogP contribution in [0.3, 0.4) is 0 Å². The molecule has 1 atom stereocenters. The molecular formula is C13H22S. The molecule has 0 spiro atoms. The molecule has 0 fully saturated rings. The van der Waals surface area contributed by atoms with Gasteiger partial charge < -0.3 is 0 Å². The summed E-state index contributed by atoms with van der Waals surface area (Å²) in [4.78, 5) is 1.60. The summed E-state index contributed by atoms with van der Waals surface area (Å²) in [7, 11) is 0. The van der Waals surface area contributed by atoms with Crippen molar-refractivity contribution >= 4 is 11.3 Å². The summed E-state index contributed by atoms with van der Waals surface area (Å²) in [5, 5.41) is 2.21. The van der Waals surface area contributed by atoms with Crippen molar-refractivity contribution in [3.63, 3.8) is 0 Å². The molecule has 0 saturated heterocycles. The summed E-state index contributed by atoms with van der Waals surface area (Å²) < 4.78 is 0. The van der Waals surface area contributed by atoms with Gasteiger partial charge in [0.25, 0.3) is 0 Å². The van der Waals surface area contributed by atoms with E-state index in [9.17, 15) is 0 Å². The molecule has 0 nitrogen and oxygen atoms in total. The first kappa shape index (κ1) is 11.8. The average molecular weight is 210 g/mol. The van der Waals surface area contributed by atoms with E-state index in [1.165, 1.54) is 38.5 Å². The Kier molecular flexibility index (Phi) is 5.93. The van der Waals surface area contributed by atoms with Crippen LogP contribution in [-0.2, 0) is 0 Å². The van der Waals surface area contributed by atoms with Gasteiger partial charge in [0.05, 0.1) is 0 Å². The topological polar surface area (TPSA) is 0 Å².